The van der Waals surface area contributed by atoms with Crippen LogP contribution < -0.4 is 10.2 Å². The molecule has 15 heavy (non-hydrogen) atoms. The maximum absolute atomic E-state index is 11.8. The van der Waals surface area contributed by atoms with Crippen molar-refractivity contribution in [3.63, 3.8) is 0 Å². The predicted octanol–water partition coefficient (Wildman–Crippen LogP) is 2.01. The van der Waals surface area contributed by atoms with Crippen molar-refractivity contribution in [1.82, 2.24) is 4.98 Å². The zero-order valence-electron chi connectivity index (χ0n) is 8.84. The van der Waals surface area contributed by atoms with Crippen molar-refractivity contribution in [2.45, 2.75) is 19.4 Å². The summed E-state index contributed by atoms with van der Waals surface area (Å²) in [5.74, 6) is 0.778. The van der Waals surface area contributed by atoms with Crippen LogP contribution in [0, 0.1) is 0 Å². The van der Waals surface area contributed by atoms with E-state index in [0.29, 0.717) is 0 Å². The number of fused-ring (bicyclic) bond motifs is 1. The van der Waals surface area contributed by atoms with Gasteiger partial charge in [-0.1, -0.05) is 0 Å². The quantitative estimate of drug-likeness (QED) is 0.784. The topological polar surface area (TPSA) is 45.2 Å². The van der Waals surface area contributed by atoms with Gasteiger partial charge >= 0.3 is 0 Å². The first-order chi connectivity index (χ1) is 6.93. The second kappa shape index (κ2) is 3.20. The van der Waals surface area contributed by atoms with E-state index in [1.165, 1.54) is 0 Å². The summed E-state index contributed by atoms with van der Waals surface area (Å²) in [7, 11) is 1.87. The van der Waals surface area contributed by atoms with Gasteiger partial charge in [-0.05, 0) is 35.8 Å². The molecular formula is C10H12BrN3O. The van der Waals surface area contributed by atoms with Crippen LogP contribution in [0.5, 0.6) is 0 Å². The third-order valence-electron chi connectivity index (χ3n) is 2.79. The van der Waals surface area contributed by atoms with E-state index in [1.807, 2.05) is 31.9 Å². The van der Waals surface area contributed by atoms with Crippen LogP contribution in [0.2, 0.25) is 0 Å². The van der Waals surface area contributed by atoms with Gasteiger partial charge in [0.15, 0.2) is 5.82 Å². The predicted molar refractivity (Wildman–Crippen MR) is 63.0 cm³/mol. The molecule has 80 valence electrons. The first kappa shape index (κ1) is 10.4. The monoisotopic (exact) mass is 269 g/mol. The molecule has 0 aromatic carbocycles. The third-order valence-corrected chi connectivity index (χ3v) is 3.23. The summed E-state index contributed by atoms with van der Waals surface area (Å²) < 4.78 is 0.856. The van der Waals surface area contributed by atoms with Gasteiger partial charge in [-0.2, -0.15) is 0 Å². The number of nitrogens with one attached hydrogen (secondary N) is 1. The highest BCUT2D eigenvalue weighted by Crippen LogP contribution is 2.34. The number of rotatable bonds is 0. The Bertz CT molecular complexity index is 431. The number of carbonyl (C=O) groups is 1. The van der Waals surface area contributed by atoms with Crippen molar-refractivity contribution in [3.8, 4) is 0 Å². The number of nitrogens with zero attached hydrogens (tertiary/aromatic N) is 2. The van der Waals surface area contributed by atoms with Crippen LogP contribution in [0.4, 0.5) is 11.5 Å². The van der Waals surface area contributed by atoms with Crippen LogP contribution >= 0.6 is 15.9 Å². The summed E-state index contributed by atoms with van der Waals surface area (Å²) in [5, 5.41) is 2.85. The third kappa shape index (κ3) is 1.51. The minimum atomic E-state index is -0.562. The Balaban J connectivity index is 2.55. The van der Waals surface area contributed by atoms with Gasteiger partial charge < -0.3 is 10.2 Å². The number of hydrogen-bond donors (Lipinski definition) is 1. The van der Waals surface area contributed by atoms with Gasteiger partial charge in [-0.15, -0.1) is 0 Å². The maximum Gasteiger partial charge on any atom is 0.249 e. The lowest BCUT2D eigenvalue weighted by Gasteiger charge is -2.40. The molecule has 0 aliphatic carbocycles. The molecule has 1 aliphatic rings. The Labute approximate surface area is 96.8 Å². The number of anilines is 2. The van der Waals surface area contributed by atoms with Crippen molar-refractivity contribution in [1.29, 1.82) is 0 Å². The van der Waals surface area contributed by atoms with Gasteiger partial charge in [0.25, 0.3) is 0 Å². The molecule has 1 aromatic heterocycles. The van der Waals surface area contributed by atoms with E-state index in [-0.39, 0.29) is 5.91 Å². The van der Waals surface area contributed by atoms with Crippen LogP contribution in [0.25, 0.3) is 0 Å². The van der Waals surface area contributed by atoms with Crippen LogP contribution in [0.15, 0.2) is 16.7 Å². The molecule has 2 heterocycles. The molecule has 0 radical (unpaired) electrons. The molecule has 0 saturated carbocycles. The molecule has 1 aliphatic heterocycles. The number of hydrogen-bond acceptors (Lipinski definition) is 3. The van der Waals surface area contributed by atoms with E-state index in [2.05, 4.69) is 26.2 Å². The number of amides is 1. The molecule has 1 N–H and O–H groups in total. The molecule has 0 spiro atoms. The Morgan fingerprint density at radius 1 is 1.53 bits per heavy atom. The van der Waals surface area contributed by atoms with E-state index in [9.17, 15) is 4.79 Å². The Hall–Kier alpha value is -1.10. The molecule has 0 bridgehead atoms. The highest BCUT2D eigenvalue weighted by molar-refractivity contribution is 9.10. The molecule has 0 fully saturated rings. The van der Waals surface area contributed by atoms with Crippen LogP contribution in [-0.4, -0.2) is 23.5 Å². The number of halogens is 1. The fraction of sp³-hybridized carbons (Fsp3) is 0.400. The largest absolute Gasteiger partial charge is 0.344 e. The minimum absolute atomic E-state index is 0.0163. The Morgan fingerprint density at radius 3 is 2.87 bits per heavy atom. The van der Waals surface area contributed by atoms with Crippen molar-refractivity contribution in [3.05, 3.63) is 16.7 Å². The van der Waals surface area contributed by atoms with Gasteiger partial charge in [0.1, 0.15) is 5.54 Å². The standard InChI is InChI=1S/C10H12BrN3O/c1-10(2)9(15)13-7-4-6(11)5-12-8(7)14(10)3/h4-5H,1-3H3,(H,13,15). The fourth-order valence-corrected chi connectivity index (χ4v) is 1.81. The Kier molecular flexibility index (Phi) is 2.22. The number of pyridine rings is 1. The van der Waals surface area contributed by atoms with Crippen LogP contribution in [0.3, 0.4) is 0 Å². The maximum atomic E-state index is 11.8. The van der Waals surface area contributed by atoms with E-state index in [4.69, 9.17) is 0 Å². The number of carbonyl (C=O) groups excluding carboxylic acids is 1. The normalized spacial score (nSPS) is 18.4. The molecular weight excluding hydrogens is 258 g/mol. The second-order valence-electron chi connectivity index (χ2n) is 4.10. The lowest BCUT2D eigenvalue weighted by molar-refractivity contribution is -0.120. The van der Waals surface area contributed by atoms with Gasteiger partial charge in [0.2, 0.25) is 5.91 Å². The lowest BCUT2D eigenvalue weighted by atomic mass is 9.99. The van der Waals surface area contributed by atoms with Gasteiger partial charge in [-0.25, -0.2) is 4.98 Å². The number of aromatic nitrogens is 1. The summed E-state index contributed by atoms with van der Waals surface area (Å²) in [6.07, 6.45) is 1.73. The average Bonchev–Trinajstić information content (AvgIpc) is 2.15. The van der Waals surface area contributed by atoms with Crippen LogP contribution in [0.1, 0.15) is 13.8 Å². The van der Waals surface area contributed by atoms with E-state index >= 15 is 0 Å². The zero-order valence-corrected chi connectivity index (χ0v) is 10.4. The van der Waals surface area contributed by atoms with E-state index in [1.54, 1.807) is 6.20 Å². The molecule has 1 amide bonds. The smallest absolute Gasteiger partial charge is 0.249 e. The highest BCUT2D eigenvalue weighted by atomic mass is 79.9. The average molecular weight is 270 g/mol. The molecule has 0 unspecified atom stereocenters. The highest BCUT2D eigenvalue weighted by Gasteiger charge is 2.38. The number of likely N-dealkylation sites (N-methyl/N-ethyl adjacent to an activating group) is 1. The summed E-state index contributed by atoms with van der Waals surface area (Å²) in [6, 6.07) is 1.85. The van der Waals surface area contributed by atoms with Crippen LogP contribution in [-0.2, 0) is 4.79 Å². The van der Waals surface area contributed by atoms with E-state index < -0.39 is 5.54 Å². The molecule has 4 nitrogen and oxygen atoms in total. The molecule has 0 atom stereocenters. The summed E-state index contributed by atoms with van der Waals surface area (Å²) in [6.45, 7) is 3.74. The molecule has 1 aromatic rings. The van der Waals surface area contributed by atoms with Gasteiger partial charge in [0.05, 0.1) is 5.69 Å². The molecule has 5 heteroatoms. The summed E-state index contributed by atoms with van der Waals surface area (Å²) in [5.41, 5.74) is 0.185. The second-order valence-corrected chi connectivity index (χ2v) is 5.01. The zero-order chi connectivity index (χ0) is 11.2. The van der Waals surface area contributed by atoms with Crippen molar-refractivity contribution in [2.75, 3.05) is 17.3 Å². The van der Waals surface area contributed by atoms with Gasteiger partial charge in [-0.3, -0.25) is 4.79 Å². The van der Waals surface area contributed by atoms with Crippen molar-refractivity contribution < 1.29 is 4.79 Å². The van der Waals surface area contributed by atoms with Crippen molar-refractivity contribution >= 4 is 33.3 Å². The Morgan fingerprint density at radius 2 is 2.20 bits per heavy atom. The molecule has 0 saturated heterocycles. The SMILES string of the molecule is CN1c2ncc(Br)cc2NC(=O)C1(C)C. The van der Waals surface area contributed by atoms with Gasteiger partial charge in [0, 0.05) is 17.7 Å². The van der Waals surface area contributed by atoms with Crippen molar-refractivity contribution in [2.24, 2.45) is 0 Å². The summed E-state index contributed by atoms with van der Waals surface area (Å²) >= 11 is 3.33. The first-order valence-corrected chi connectivity index (χ1v) is 5.43. The lowest BCUT2D eigenvalue weighted by Crippen LogP contribution is -2.54. The van der Waals surface area contributed by atoms with E-state index in [0.717, 1.165) is 16.0 Å². The minimum Gasteiger partial charge on any atom is -0.344 e. The fourth-order valence-electron chi connectivity index (χ4n) is 1.48. The summed E-state index contributed by atoms with van der Waals surface area (Å²) in [4.78, 5) is 18.0. The molecule has 2 rings (SSSR count). The first-order valence-electron chi connectivity index (χ1n) is 4.64.